The van der Waals surface area contributed by atoms with Gasteiger partial charge in [-0.3, -0.25) is 9.59 Å². The van der Waals surface area contributed by atoms with E-state index in [1.54, 1.807) is 43.4 Å². The van der Waals surface area contributed by atoms with Gasteiger partial charge in [-0.2, -0.15) is 0 Å². The van der Waals surface area contributed by atoms with E-state index >= 15 is 0 Å². The number of nitrogens with one attached hydrogen (secondary N) is 1. The van der Waals surface area contributed by atoms with Crippen LogP contribution in [-0.2, 0) is 6.61 Å². The molecule has 0 spiro atoms. The number of halogens is 1. The SMILES string of the molecule is CNC(=O)c1cccc(OCc2ccc(Cl)cc2C(N)=O)c1. The molecule has 0 bridgehead atoms. The van der Waals surface area contributed by atoms with Gasteiger partial charge in [0.25, 0.3) is 5.91 Å². The second kappa shape index (κ2) is 6.95. The van der Waals surface area contributed by atoms with Crippen molar-refractivity contribution in [3.8, 4) is 5.75 Å². The molecule has 0 saturated heterocycles. The van der Waals surface area contributed by atoms with Gasteiger partial charge < -0.3 is 15.8 Å². The predicted octanol–water partition coefficient (Wildman–Crippen LogP) is 2.38. The number of amides is 2. The lowest BCUT2D eigenvalue weighted by atomic mass is 10.1. The Morgan fingerprint density at radius 3 is 2.68 bits per heavy atom. The van der Waals surface area contributed by atoms with E-state index in [9.17, 15) is 9.59 Å². The first-order chi connectivity index (χ1) is 10.5. The number of carbonyl (C=O) groups is 2. The molecule has 2 rings (SSSR count). The van der Waals surface area contributed by atoms with Crippen molar-refractivity contribution >= 4 is 23.4 Å². The number of hydrogen-bond donors (Lipinski definition) is 2. The number of carbonyl (C=O) groups excluding carboxylic acids is 2. The minimum atomic E-state index is -0.569. The second-order valence-electron chi connectivity index (χ2n) is 4.56. The molecule has 0 fully saturated rings. The smallest absolute Gasteiger partial charge is 0.251 e. The van der Waals surface area contributed by atoms with Crippen LogP contribution in [0.25, 0.3) is 0 Å². The summed E-state index contributed by atoms with van der Waals surface area (Å²) in [6.45, 7) is 0.145. The van der Waals surface area contributed by atoms with Crippen molar-refractivity contribution in [2.75, 3.05) is 7.05 Å². The molecular formula is C16H15ClN2O3. The lowest BCUT2D eigenvalue weighted by molar-refractivity contribution is 0.0961. The van der Waals surface area contributed by atoms with Gasteiger partial charge in [-0.25, -0.2) is 0 Å². The summed E-state index contributed by atoms with van der Waals surface area (Å²) >= 11 is 5.86. The van der Waals surface area contributed by atoms with Gasteiger partial charge in [0.15, 0.2) is 0 Å². The van der Waals surface area contributed by atoms with Crippen molar-refractivity contribution in [1.82, 2.24) is 5.32 Å². The van der Waals surface area contributed by atoms with Crippen LogP contribution < -0.4 is 15.8 Å². The summed E-state index contributed by atoms with van der Waals surface area (Å²) in [6, 6.07) is 11.6. The molecule has 0 aromatic heterocycles. The number of benzene rings is 2. The third-order valence-corrected chi connectivity index (χ3v) is 3.29. The summed E-state index contributed by atoms with van der Waals surface area (Å²) in [7, 11) is 1.56. The highest BCUT2D eigenvalue weighted by Crippen LogP contribution is 2.19. The first-order valence-corrected chi connectivity index (χ1v) is 6.92. The van der Waals surface area contributed by atoms with Gasteiger partial charge in [0.05, 0.1) is 0 Å². The summed E-state index contributed by atoms with van der Waals surface area (Å²) in [5.41, 5.74) is 6.76. The van der Waals surface area contributed by atoms with E-state index in [0.29, 0.717) is 27.5 Å². The maximum atomic E-state index is 11.6. The van der Waals surface area contributed by atoms with Gasteiger partial charge in [-0.1, -0.05) is 23.7 Å². The summed E-state index contributed by atoms with van der Waals surface area (Å²) in [6.07, 6.45) is 0. The Hall–Kier alpha value is -2.53. The van der Waals surface area contributed by atoms with Crippen LogP contribution in [0.1, 0.15) is 26.3 Å². The third-order valence-electron chi connectivity index (χ3n) is 3.05. The summed E-state index contributed by atoms with van der Waals surface area (Å²) < 4.78 is 5.63. The summed E-state index contributed by atoms with van der Waals surface area (Å²) in [5, 5.41) is 2.97. The van der Waals surface area contributed by atoms with E-state index < -0.39 is 5.91 Å². The van der Waals surface area contributed by atoms with Gasteiger partial charge in [0.1, 0.15) is 12.4 Å². The largest absolute Gasteiger partial charge is 0.489 e. The van der Waals surface area contributed by atoms with E-state index in [4.69, 9.17) is 22.1 Å². The summed E-state index contributed by atoms with van der Waals surface area (Å²) in [5.74, 6) is -0.249. The topological polar surface area (TPSA) is 81.4 Å². The average molecular weight is 319 g/mol. The van der Waals surface area contributed by atoms with Crippen LogP contribution >= 0.6 is 11.6 Å². The van der Waals surface area contributed by atoms with Crippen LogP contribution in [0.5, 0.6) is 5.75 Å². The molecule has 3 N–H and O–H groups in total. The Kier molecular flexibility index (Phi) is 5.01. The number of ether oxygens (including phenoxy) is 1. The molecule has 2 aromatic rings. The van der Waals surface area contributed by atoms with Crippen molar-refractivity contribution in [2.24, 2.45) is 5.73 Å². The first-order valence-electron chi connectivity index (χ1n) is 6.54. The van der Waals surface area contributed by atoms with Gasteiger partial charge in [-0.05, 0) is 30.3 Å². The monoisotopic (exact) mass is 318 g/mol. The Morgan fingerprint density at radius 2 is 2.00 bits per heavy atom. The molecule has 6 heteroatoms. The molecule has 0 aliphatic heterocycles. The fourth-order valence-electron chi connectivity index (χ4n) is 1.94. The molecule has 5 nitrogen and oxygen atoms in total. The molecule has 114 valence electrons. The molecule has 22 heavy (non-hydrogen) atoms. The second-order valence-corrected chi connectivity index (χ2v) is 5.00. The van der Waals surface area contributed by atoms with E-state index in [1.165, 1.54) is 6.07 Å². The number of hydrogen-bond acceptors (Lipinski definition) is 3. The Labute approximate surface area is 133 Å². The molecule has 0 atom stereocenters. The highest BCUT2D eigenvalue weighted by Gasteiger charge is 2.10. The first kappa shape index (κ1) is 15.9. The quantitative estimate of drug-likeness (QED) is 0.888. The Morgan fingerprint density at radius 1 is 1.23 bits per heavy atom. The normalized spacial score (nSPS) is 10.1. The molecule has 0 unspecified atom stereocenters. The zero-order valence-electron chi connectivity index (χ0n) is 11.9. The maximum absolute atomic E-state index is 11.6. The van der Waals surface area contributed by atoms with Crippen LogP contribution in [0, 0.1) is 0 Å². The van der Waals surface area contributed by atoms with Crippen LogP contribution in [0.3, 0.4) is 0 Å². The average Bonchev–Trinajstić information content (AvgIpc) is 2.53. The predicted molar refractivity (Wildman–Crippen MR) is 84.1 cm³/mol. The maximum Gasteiger partial charge on any atom is 0.251 e. The molecule has 0 heterocycles. The third kappa shape index (κ3) is 3.77. The van der Waals surface area contributed by atoms with Crippen molar-refractivity contribution in [3.05, 3.63) is 64.2 Å². The number of nitrogens with two attached hydrogens (primary N) is 1. The van der Waals surface area contributed by atoms with Crippen LogP contribution in [-0.4, -0.2) is 18.9 Å². The van der Waals surface area contributed by atoms with Crippen molar-refractivity contribution in [2.45, 2.75) is 6.61 Å². The van der Waals surface area contributed by atoms with E-state index in [-0.39, 0.29) is 12.5 Å². The van der Waals surface area contributed by atoms with Gasteiger partial charge in [-0.15, -0.1) is 0 Å². The number of primary amides is 1. The fraction of sp³-hybridized carbons (Fsp3) is 0.125. The molecular weight excluding hydrogens is 304 g/mol. The molecule has 2 amide bonds. The van der Waals surface area contributed by atoms with Gasteiger partial charge >= 0.3 is 0 Å². The highest BCUT2D eigenvalue weighted by atomic mass is 35.5. The van der Waals surface area contributed by atoms with Gasteiger partial charge in [0, 0.05) is 28.8 Å². The Bertz CT molecular complexity index is 716. The molecule has 0 aliphatic rings. The standard InChI is InChI=1S/C16H15ClN2O3/c1-19-16(21)10-3-2-4-13(7-10)22-9-11-5-6-12(17)8-14(11)15(18)20/h2-8H,9H2,1H3,(H2,18,20)(H,19,21). The lowest BCUT2D eigenvalue weighted by Crippen LogP contribution is -2.17. The zero-order chi connectivity index (χ0) is 16.1. The minimum Gasteiger partial charge on any atom is -0.489 e. The molecule has 2 aromatic carbocycles. The Balaban J connectivity index is 2.17. The summed E-state index contributed by atoms with van der Waals surface area (Å²) in [4.78, 5) is 23.0. The van der Waals surface area contributed by atoms with Crippen molar-refractivity contribution in [1.29, 1.82) is 0 Å². The fourth-order valence-corrected chi connectivity index (χ4v) is 2.11. The van der Waals surface area contributed by atoms with E-state index in [2.05, 4.69) is 5.32 Å². The molecule has 0 aliphatic carbocycles. The highest BCUT2D eigenvalue weighted by molar-refractivity contribution is 6.31. The van der Waals surface area contributed by atoms with Crippen molar-refractivity contribution in [3.63, 3.8) is 0 Å². The van der Waals surface area contributed by atoms with Gasteiger partial charge in [0.2, 0.25) is 5.91 Å². The zero-order valence-corrected chi connectivity index (χ0v) is 12.7. The van der Waals surface area contributed by atoms with Crippen molar-refractivity contribution < 1.29 is 14.3 Å². The molecule has 0 radical (unpaired) electrons. The van der Waals surface area contributed by atoms with Crippen LogP contribution in [0.2, 0.25) is 5.02 Å². The number of rotatable bonds is 5. The van der Waals surface area contributed by atoms with Crippen LogP contribution in [0.4, 0.5) is 0 Å². The molecule has 0 saturated carbocycles. The minimum absolute atomic E-state index is 0.145. The van der Waals surface area contributed by atoms with E-state index in [1.807, 2.05) is 0 Å². The van der Waals surface area contributed by atoms with E-state index in [0.717, 1.165) is 0 Å². The lowest BCUT2D eigenvalue weighted by Gasteiger charge is -2.10. The van der Waals surface area contributed by atoms with Crippen LogP contribution in [0.15, 0.2) is 42.5 Å².